The van der Waals surface area contributed by atoms with E-state index in [9.17, 15) is 13.6 Å². The van der Waals surface area contributed by atoms with Gasteiger partial charge < -0.3 is 14.8 Å². The van der Waals surface area contributed by atoms with E-state index >= 15 is 0 Å². The Morgan fingerprint density at radius 1 is 1.37 bits per heavy atom. The van der Waals surface area contributed by atoms with Crippen LogP contribution in [0.2, 0.25) is 0 Å². The van der Waals surface area contributed by atoms with Gasteiger partial charge in [-0.2, -0.15) is 8.78 Å². The van der Waals surface area contributed by atoms with Gasteiger partial charge in [0.2, 0.25) is 5.91 Å². The van der Waals surface area contributed by atoms with Crippen molar-refractivity contribution in [2.45, 2.75) is 40.4 Å². The van der Waals surface area contributed by atoms with Crippen molar-refractivity contribution >= 4 is 11.5 Å². The largest absolute Gasteiger partial charge is 0.481 e. The highest BCUT2D eigenvalue weighted by atomic mass is 19.3. The van der Waals surface area contributed by atoms with Crippen molar-refractivity contribution in [2.75, 3.05) is 6.54 Å². The lowest BCUT2D eigenvalue weighted by Gasteiger charge is -2.17. The predicted octanol–water partition coefficient (Wildman–Crippen LogP) is 4.09. The Morgan fingerprint density at radius 2 is 2.11 bits per heavy atom. The smallest absolute Gasteiger partial charge is 0.387 e. The number of carbonyl (C=O) groups is 1. The van der Waals surface area contributed by atoms with Crippen LogP contribution in [0.3, 0.4) is 0 Å². The lowest BCUT2D eigenvalue weighted by atomic mass is 9.90. The third kappa shape index (κ3) is 4.93. The molecule has 2 heterocycles. The Balaban J connectivity index is 0.00000126. The van der Waals surface area contributed by atoms with Crippen molar-refractivity contribution in [3.63, 3.8) is 0 Å². The van der Waals surface area contributed by atoms with E-state index in [0.717, 1.165) is 16.7 Å². The number of ether oxygens (including phenoxy) is 2. The van der Waals surface area contributed by atoms with Gasteiger partial charge in [-0.25, -0.2) is 0 Å². The first kappa shape index (κ1) is 20.6. The first-order valence-corrected chi connectivity index (χ1v) is 8.90. The molecule has 0 radical (unpaired) electrons. The van der Waals surface area contributed by atoms with E-state index in [2.05, 4.69) is 15.0 Å². The minimum Gasteiger partial charge on any atom is -0.481 e. The molecule has 2 aliphatic rings. The molecular weight excluding hydrogens is 354 g/mol. The third-order valence-electron chi connectivity index (χ3n) is 4.08. The van der Waals surface area contributed by atoms with Crippen LogP contribution < -0.4 is 10.1 Å². The van der Waals surface area contributed by atoms with Crippen LogP contribution in [0.5, 0.6) is 5.75 Å². The van der Waals surface area contributed by atoms with Crippen LogP contribution in [-0.4, -0.2) is 30.2 Å². The summed E-state index contributed by atoms with van der Waals surface area (Å²) in [7, 11) is 0. The summed E-state index contributed by atoms with van der Waals surface area (Å²) in [5, 5.41) is 2.78. The quantitative estimate of drug-likeness (QED) is 0.838. The number of nitrogens with one attached hydrogen (secondary N) is 1. The molecule has 0 saturated carbocycles. The van der Waals surface area contributed by atoms with E-state index < -0.39 is 12.7 Å². The number of amides is 1. The number of nitrogens with zero attached hydrogens (tertiary/aromatic N) is 1. The summed E-state index contributed by atoms with van der Waals surface area (Å²) >= 11 is 0. The Hall–Kier alpha value is -2.70. The number of pyridine rings is 1. The van der Waals surface area contributed by atoms with E-state index in [0.29, 0.717) is 12.3 Å². The van der Waals surface area contributed by atoms with Crippen LogP contribution >= 0.6 is 0 Å². The van der Waals surface area contributed by atoms with E-state index in [4.69, 9.17) is 4.74 Å². The van der Waals surface area contributed by atoms with Gasteiger partial charge in [0.15, 0.2) is 0 Å². The van der Waals surface area contributed by atoms with Crippen LogP contribution in [0, 0.1) is 5.92 Å². The number of fused-ring (bicyclic) bond motifs is 3. The standard InChI is InChI=1S/C18H18F2N2O3.C2H6/c1-10(8-22-11(2)23)13-4-3-12(24-18(19)20)7-16-17(13)14-9-21-6-5-15(14)25-16;1-2/h3-7,9-10,16,18H,8H2,1-2H3,(H,22,23);1-2H3. The van der Waals surface area contributed by atoms with Gasteiger partial charge in [-0.05, 0) is 23.6 Å². The summed E-state index contributed by atoms with van der Waals surface area (Å²) in [6.45, 7) is 4.91. The number of rotatable bonds is 5. The van der Waals surface area contributed by atoms with Crippen LogP contribution in [0.4, 0.5) is 8.78 Å². The zero-order chi connectivity index (χ0) is 20.0. The third-order valence-corrected chi connectivity index (χ3v) is 4.08. The molecule has 7 heteroatoms. The Bertz CT molecular complexity index is 772. The average molecular weight is 378 g/mol. The van der Waals surface area contributed by atoms with E-state index in [1.54, 1.807) is 24.5 Å². The predicted molar refractivity (Wildman–Crippen MR) is 99.1 cm³/mol. The molecule has 146 valence electrons. The normalized spacial score (nSPS) is 18.3. The molecule has 1 aromatic rings. The molecule has 0 bridgehead atoms. The number of hydrogen-bond donors (Lipinski definition) is 1. The van der Waals surface area contributed by atoms with Gasteiger partial charge in [0.05, 0.1) is 0 Å². The fourth-order valence-electron chi connectivity index (χ4n) is 2.96. The minimum atomic E-state index is -2.91. The van der Waals surface area contributed by atoms with Gasteiger partial charge in [-0.1, -0.05) is 26.8 Å². The molecule has 5 nitrogen and oxygen atoms in total. The van der Waals surface area contributed by atoms with E-state index in [1.807, 2.05) is 20.8 Å². The molecule has 1 N–H and O–H groups in total. The molecule has 0 aromatic carbocycles. The number of halogens is 2. The summed E-state index contributed by atoms with van der Waals surface area (Å²) in [4.78, 5) is 15.3. The lowest BCUT2D eigenvalue weighted by molar-refractivity contribution is -0.119. The molecule has 1 aliphatic heterocycles. The lowest BCUT2D eigenvalue weighted by Crippen LogP contribution is -2.27. The van der Waals surface area contributed by atoms with E-state index in [1.165, 1.54) is 19.1 Å². The first-order chi connectivity index (χ1) is 13.0. The number of alkyl halides is 2. The van der Waals surface area contributed by atoms with Crippen molar-refractivity contribution in [3.05, 3.63) is 53.6 Å². The summed E-state index contributed by atoms with van der Waals surface area (Å²) in [5.41, 5.74) is 2.55. The molecule has 0 spiro atoms. The van der Waals surface area contributed by atoms with Crippen molar-refractivity contribution < 1.29 is 23.0 Å². The minimum absolute atomic E-state index is 0.0417. The molecule has 1 aliphatic carbocycles. The maximum absolute atomic E-state index is 12.6. The Kier molecular flexibility index (Phi) is 7.10. The number of aromatic nitrogens is 1. The second-order valence-corrected chi connectivity index (χ2v) is 5.90. The second kappa shape index (κ2) is 9.30. The van der Waals surface area contributed by atoms with Gasteiger partial charge in [-0.15, -0.1) is 0 Å². The van der Waals surface area contributed by atoms with Gasteiger partial charge in [0.25, 0.3) is 0 Å². The van der Waals surface area contributed by atoms with Crippen molar-refractivity contribution in [1.29, 1.82) is 0 Å². The molecule has 3 rings (SSSR count). The summed E-state index contributed by atoms with van der Waals surface area (Å²) in [5.74, 6) is 0.505. The topological polar surface area (TPSA) is 60.5 Å². The highest BCUT2D eigenvalue weighted by molar-refractivity contribution is 5.83. The zero-order valence-electron chi connectivity index (χ0n) is 15.8. The molecule has 27 heavy (non-hydrogen) atoms. The summed E-state index contributed by atoms with van der Waals surface area (Å²) < 4.78 is 35.7. The van der Waals surface area contributed by atoms with Gasteiger partial charge >= 0.3 is 6.61 Å². The highest BCUT2D eigenvalue weighted by Crippen LogP contribution is 2.42. The average Bonchev–Trinajstić information content (AvgIpc) is 2.89. The van der Waals surface area contributed by atoms with Crippen LogP contribution in [0.25, 0.3) is 5.57 Å². The maximum Gasteiger partial charge on any atom is 0.387 e. The van der Waals surface area contributed by atoms with Crippen LogP contribution in [-0.2, 0) is 9.53 Å². The van der Waals surface area contributed by atoms with Gasteiger partial charge in [-0.3, -0.25) is 9.78 Å². The SMILES string of the molecule is CC.CC(=O)NCC(C)C1=C2c3cnccc3OC2C=C(OC(F)F)C=C1. The highest BCUT2D eigenvalue weighted by Gasteiger charge is 2.33. The number of carbonyl (C=O) groups excluding carboxylic acids is 1. The molecule has 0 fully saturated rings. The van der Waals surface area contributed by atoms with Crippen LogP contribution in [0.1, 0.15) is 33.3 Å². The fourth-order valence-corrected chi connectivity index (χ4v) is 2.96. The summed E-state index contributed by atoms with van der Waals surface area (Å²) in [6.07, 6.45) is 7.52. The monoisotopic (exact) mass is 378 g/mol. The molecule has 0 saturated heterocycles. The molecule has 2 atom stereocenters. The van der Waals surface area contributed by atoms with Gasteiger partial charge in [0.1, 0.15) is 17.6 Å². The molecule has 1 aromatic heterocycles. The molecular formula is C20H24F2N2O3. The van der Waals surface area contributed by atoms with Gasteiger partial charge in [0, 0.05) is 43.1 Å². The number of allylic oxidation sites excluding steroid dienone is 2. The van der Waals surface area contributed by atoms with Crippen molar-refractivity contribution in [3.8, 4) is 5.75 Å². The Morgan fingerprint density at radius 3 is 2.78 bits per heavy atom. The van der Waals surface area contributed by atoms with Crippen molar-refractivity contribution in [2.24, 2.45) is 5.92 Å². The van der Waals surface area contributed by atoms with Crippen LogP contribution in [0.15, 0.2) is 48.0 Å². The second-order valence-electron chi connectivity index (χ2n) is 5.90. The fraction of sp³-hybridized carbons (Fsp3) is 0.400. The van der Waals surface area contributed by atoms with Crippen molar-refractivity contribution in [1.82, 2.24) is 10.3 Å². The summed E-state index contributed by atoms with van der Waals surface area (Å²) in [6, 6.07) is 1.73. The molecule has 1 amide bonds. The number of hydrogen-bond acceptors (Lipinski definition) is 4. The Labute approximate surface area is 157 Å². The van der Waals surface area contributed by atoms with E-state index in [-0.39, 0.29) is 17.6 Å². The maximum atomic E-state index is 12.6. The first-order valence-electron chi connectivity index (χ1n) is 8.90. The molecule has 2 unspecified atom stereocenters. The zero-order valence-corrected chi connectivity index (χ0v) is 15.8.